The molecule has 2 rings (SSSR count). The van der Waals surface area contributed by atoms with E-state index in [1.165, 1.54) is 0 Å². The van der Waals surface area contributed by atoms with E-state index in [-0.39, 0.29) is 18.4 Å². The van der Waals surface area contributed by atoms with Crippen LogP contribution in [0.2, 0.25) is 0 Å². The zero-order valence-electron chi connectivity index (χ0n) is 12.1. The number of likely N-dealkylation sites (tertiary alicyclic amines) is 1. The molecule has 1 saturated heterocycles. The van der Waals surface area contributed by atoms with Crippen molar-refractivity contribution in [1.82, 2.24) is 4.90 Å². The second-order valence-corrected chi connectivity index (χ2v) is 6.51. The van der Waals surface area contributed by atoms with E-state index in [0.29, 0.717) is 18.5 Å². The van der Waals surface area contributed by atoms with Gasteiger partial charge in [0.25, 0.3) is 5.91 Å². The molecule has 1 aliphatic rings. The smallest absolute Gasteiger partial charge is 0.303 e. The lowest BCUT2D eigenvalue weighted by atomic mass is 9.96. The van der Waals surface area contributed by atoms with Crippen LogP contribution in [0.25, 0.3) is 0 Å². The van der Waals surface area contributed by atoms with Crippen molar-refractivity contribution in [3.05, 3.63) is 33.8 Å². The van der Waals surface area contributed by atoms with E-state index in [1.54, 1.807) is 0 Å². The molecule has 1 atom stereocenters. The lowest BCUT2D eigenvalue weighted by Gasteiger charge is -2.35. The van der Waals surface area contributed by atoms with Crippen molar-refractivity contribution in [3.63, 3.8) is 0 Å². The third-order valence-electron chi connectivity index (χ3n) is 3.87. The fourth-order valence-electron chi connectivity index (χ4n) is 2.88. The van der Waals surface area contributed by atoms with Crippen molar-refractivity contribution in [1.29, 1.82) is 0 Å². The molecule has 4 nitrogen and oxygen atoms in total. The number of amides is 1. The van der Waals surface area contributed by atoms with Crippen LogP contribution in [-0.4, -0.2) is 34.5 Å². The Labute approximate surface area is 133 Å². The highest BCUT2D eigenvalue weighted by molar-refractivity contribution is 9.10. The van der Waals surface area contributed by atoms with Crippen LogP contribution >= 0.6 is 15.9 Å². The van der Waals surface area contributed by atoms with E-state index >= 15 is 0 Å². The second kappa shape index (κ2) is 7.07. The highest BCUT2D eigenvalue weighted by Gasteiger charge is 2.27. The van der Waals surface area contributed by atoms with Gasteiger partial charge in [-0.25, -0.2) is 0 Å². The van der Waals surface area contributed by atoms with Gasteiger partial charge in [-0.1, -0.05) is 15.9 Å². The largest absolute Gasteiger partial charge is 0.481 e. The number of carbonyl (C=O) groups excluding carboxylic acids is 1. The summed E-state index contributed by atoms with van der Waals surface area (Å²) in [5.74, 6) is -0.791. The molecule has 1 unspecified atom stereocenters. The van der Waals surface area contributed by atoms with Gasteiger partial charge in [0.1, 0.15) is 0 Å². The first-order valence-electron chi connectivity index (χ1n) is 7.27. The highest BCUT2D eigenvalue weighted by Crippen LogP contribution is 2.24. The number of rotatable bonds is 4. The molecular weight excluding hydrogens is 334 g/mol. The van der Waals surface area contributed by atoms with E-state index in [4.69, 9.17) is 5.11 Å². The molecule has 0 aromatic heterocycles. The van der Waals surface area contributed by atoms with Gasteiger partial charge in [0.2, 0.25) is 0 Å². The summed E-state index contributed by atoms with van der Waals surface area (Å²) in [5.41, 5.74) is 1.70. The Morgan fingerprint density at radius 2 is 2.10 bits per heavy atom. The van der Waals surface area contributed by atoms with Gasteiger partial charge in [0.15, 0.2) is 0 Å². The molecule has 1 aromatic carbocycles. The number of carbonyl (C=O) groups is 2. The normalized spacial score (nSPS) is 18.6. The number of aliphatic carboxylic acids is 1. The molecule has 0 radical (unpaired) electrons. The third-order valence-corrected chi connectivity index (χ3v) is 4.33. The fraction of sp³-hybridized carbons (Fsp3) is 0.500. The van der Waals surface area contributed by atoms with Crippen molar-refractivity contribution in [2.45, 2.75) is 45.1 Å². The lowest BCUT2D eigenvalue weighted by Crippen LogP contribution is -2.44. The molecular formula is C16H20BrNO3. The molecule has 1 aromatic rings. The Hall–Kier alpha value is -1.36. The SMILES string of the molecule is Cc1cc(Br)cc(C(=O)N2CCCCC2CCC(=O)O)c1. The van der Waals surface area contributed by atoms with Gasteiger partial charge in [-0.05, 0) is 56.4 Å². The average molecular weight is 354 g/mol. The Kier molecular flexibility index (Phi) is 5.39. The molecule has 1 heterocycles. The molecule has 0 bridgehead atoms. The van der Waals surface area contributed by atoms with Crippen molar-refractivity contribution in [3.8, 4) is 0 Å². The number of carboxylic acids is 1. The summed E-state index contributed by atoms with van der Waals surface area (Å²) in [6, 6.07) is 5.73. The average Bonchev–Trinajstić information content (AvgIpc) is 2.43. The van der Waals surface area contributed by atoms with Crippen molar-refractivity contribution in [2.75, 3.05) is 6.54 Å². The van der Waals surface area contributed by atoms with Gasteiger partial charge in [-0.2, -0.15) is 0 Å². The predicted octanol–water partition coefficient (Wildman–Crippen LogP) is 3.62. The van der Waals surface area contributed by atoms with Gasteiger partial charge in [-0.3, -0.25) is 9.59 Å². The number of hydrogen-bond donors (Lipinski definition) is 1. The molecule has 1 aliphatic heterocycles. The van der Waals surface area contributed by atoms with Crippen LogP contribution in [0.3, 0.4) is 0 Å². The van der Waals surface area contributed by atoms with Crippen molar-refractivity contribution in [2.24, 2.45) is 0 Å². The summed E-state index contributed by atoms with van der Waals surface area (Å²) in [5, 5.41) is 8.85. The first-order valence-corrected chi connectivity index (χ1v) is 8.06. The van der Waals surface area contributed by atoms with Crippen LogP contribution in [0.4, 0.5) is 0 Å². The summed E-state index contributed by atoms with van der Waals surface area (Å²) >= 11 is 3.42. The van der Waals surface area contributed by atoms with Gasteiger partial charge in [0.05, 0.1) is 0 Å². The van der Waals surface area contributed by atoms with E-state index in [9.17, 15) is 9.59 Å². The molecule has 5 heteroatoms. The number of benzene rings is 1. The number of aryl methyl sites for hydroxylation is 1. The van der Waals surface area contributed by atoms with Crippen molar-refractivity contribution >= 4 is 27.8 Å². The Balaban J connectivity index is 2.15. The monoisotopic (exact) mass is 353 g/mol. The maximum atomic E-state index is 12.7. The van der Waals surface area contributed by atoms with Crippen LogP contribution in [0.15, 0.2) is 22.7 Å². The number of carboxylic acid groups (broad SMARTS) is 1. The first-order chi connectivity index (χ1) is 9.97. The summed E-state index contributed by atoms with van der Waals surface area (Å²) in [6.07, 6.45) is 3.60. The molecule has 1 fully saturated rings. The molecule has 0 spiro atoms. The maximum Gasteiger partial charge on any atom is 0.303 e. The Bertz CT molecular complexity index is 524. The zero-order chi connectivity index (χ0) is 15.4. The lowest BCUT2D eigenvalue weighted by molar-refractivity contribution is -0.137. The predicted molar refractivity (Wildman–Crippen MR) is 84.4 cm³/mol. The maximum absolute atomic E-state index is 12.7. The van der Waals surface area contributed by atoms with Gasteiger partial charge >= 0.3 is 5.97 Å². The minimum Gasteiger partial charge on any atom is -0.481 e. The third kappa shape index (κ3) is 4.30. The van der Waals surface area contributed by atoms with E-state index in [0.717, 1.165) is 29.3 Å². The van der Waals surface area contributed by atoms with Crippen LogP contribution in [0, 0.1) is 6.92 Å². The van der Waals surface area contributed by atoms with E-state index in [1.807, 2.05) is 30.0 Å². The Morgan fingerprint density at radius 3 is 2.76 bits per heavy atom. The number of hydrogen-bond acceptors (Lipinski definition) is 2. The molecule has 0 aliphatic carbocycles. The minimum atomic E-state index is -0.800. The summed E-state index contributed by atoms with van der Waals surface area (Å²) in [6.45, 7) is 2.67. The Morgan fingerprint density at radius 1 is 1.33 bits per heavy atom. The number of halogens is 1. The zero-order valence-corrected chi connectivity index (χ0v) is 13.7. The topological polar surface area (TPSA) is 57.6 Å². The summed E-state index contributed by atoms with van der Waals surface area (Å²) in [7, 11) is 0. The number of piperidine rings is 1. The van der Waals surface area contributed by atoms with Gasteiger partial charge in [-0.15, -0.1) is 0 Å². The van der Waals surface area contributed by atoms with Crippen LogP contribution < -0.4 is 0 Å². The van der Waals surface area contributed by atoms with E-state index < -0.39 is 5.97 Å². The van der Waals surface area contributed by atoms with Crippen LogP contribution in [0.5, 0.6) is 0 Å². The number of nitrogens with zero attached hydrogens (tertiary/aromatic N) is 1. The second-order valence-electron chi connectivity index (χ2n) is 5.60. The molecule has 0 saturated carbocycles. The van der Waals surface area contributed by atoms with Crippen LogP contribution in [0.1, 0.15) is 48.0 Å². The fourth-order valence-corrected chi connectivity index (χ4v) is 3.49. The summed E-state index contributed by atoms with van der Waals surface area (Å²) < 4.78 is 0.893. The summed E-state index contributed by atoms with van der Waals surface area (Å²) in [4.78, 5) is 25.3. The van der Waals surface area contributed by atoms with Gasteiger partial charge in [0, 0.05) is 29.0 Å². The van der Waals surface area contributed by atoms with Crippen molar-refractivity contribution < 1.29 is 14.7 Å². The standard InChI is InChI=1S/C16H20BrNO3/c1-11-8-12(10-13(17)9-11)16(21)18-7-3-2-4-14(18)5-6-15(19)20/h8-10,14H,2-7H2,1H3,(H,19,20). The molecule has 1 N–H and O–H groups in total. The quantitative estimate of drug-likeness (QED) is 0.899. The highest BCUT2D eigenvalue weighted by atomic mass is 79.9. The first kappa shape index (κ1) is 16.0. The molecule has 21 heavy (non-hydrogen) atoms. The molecule has 1 amide bonds. The molecule has 114 valence electrons. The minimum absolute atomic E-state index is 0.00879. The van der Waals surface area contributed by atoms with E-state index in [2.05, 4.69) is 15.9 Å². The van der Waals surface area contributed by atoms with Gasteiger partial charge < -0.3 is 10.0 Å². The van der Waals surface area contributed by atoms with Crippen LogP contribution in [-0.2, 0) is 4.79 Å².